The molecule has 0 aromatic carbocycles. The minimum absolute atomic E-state index is 0.0367. The quantitative estimate of drug-likeness (QED) is 0.400. The van der Waals surface area contributed by atoms with Gasteiger partial charge >= 0.3 is 5.97 Å². The van der Waals surface area contributed by atoms with Gasteiger partial charge in [0.25, 0.3) is 0 Å². The molecule has 96 valence electrons. The van der Waals surface area contributed by atoms with Gasteiger partial charge in [0.05, 0.1) is 6.61 Å². The number of hydrogen-bond acceptors (Lipinski definition) is 4. The average molecular weight is 240 g/mol. The molecule has 0 bridgehead atoms. The summed E-state index contributed by atoms with van der Waals surface area (Å²) in [5, 5.41) is 5.89. The Hall–Kier alpha value is -1.36. The highest BCUT2D eigenvalue weighted by Gasteiger charge is 2.15. The number of nitrogens with one attached hydrogen (secondary N) is 2. The predicted octanol–water partition coefficient (Wildman–Crippen LogP) is 0.366. The lowest BCUT2D eigenvalue weighted by molar-refractivity contribution is -0.143. The van der Waals surface area contributed by atoms with Gasteiger partial charge in [-0.2, -0.15) is 0 Å². The fourth-order valence-corrected chi connectivity index (χ4v) is 1.48. The Morgan fingerprint density at radius 2 is 2.12 bits per heavy atom. The Balaban J connectivity index is 2.14. The second-order valence-corrected chi connectivity index (χ2v) is 4.00. The fraction of sp³-hybridized carbons (Fsp3) is 0.667. The highest BCUT2D eigenvalue weighted by atomic mass is 16.5. The lowest BCUT2D eigenvalue weighted by atomic mass is 10.0. The van der Waals surface area contributed by atoms with Gasteiger partial charge in [0.2, 0.25) is 5.91 Å². The van der Waals surface area contributed by atoms with E-state index < -0.39 is 0 Å². The predicted molar refractivity (Wildman–Crippen MR) is 64.4 cm³/mol. The van der Waals surface area contributed by atoms with Crippen LogP contribution in [0.5, 0.6) is 0 Å². The fourth-order valence-electron chi connectivity index (χ4n) is 1.48. The zero-order valence-corrected chi connectivity index (χ0v) is 10.5. The molecule has 2 N–H and O–H groups in total. The van der Waals surface area contributed by atoms with E-state index in [1.807, 2.05) is 6.92 Å². The number of carbonyl (C=O) groups is 2. The summed E-state index contributed by atoms with van der Waals surface area (Å²) in [4.78, 5) is 22.7. The van der Waals surface area contributed by atoms with E-state index in [0.29, 0.717) is 26.0 Å². The molecule has 17 heavy (non-hydrogen) atoms. The molecule has 1 aliphatic heterocycles. The van der Waals surface area contributed by atoms with Crippen LogP contribution >= 0.6 is 0 Å². The van der Waals surface area contributed by atoms with E-state index in [2.05, 4.69) is 10.6 Å². The summed E-state index contributed by atoms with van der Waals surface area (Å²) in [6.45, 7) is 6.14. The number of amides is 1. The highest BCUT2D eigenvalue weighted by Crippen LogP contribution is 2.08. The maximum Gasteiger partial charge on any atom is 0.305 e. The van der Waals surface area contributed by atoms with E-state index in [-0.39, 0.29) is 11.9 Å². The van der Waals surface area contributed by atoms with Crippen molar-refractivity contribution in [3.63, 3.8) is 0 Å². The van der Waals surface area contributed by atoms with E-state index in [4.69, 9.17) is 4.74 Å². The molecule has 0 unspecified atom stereocenters. The first-order valence-electron chi connectivity index (χ1n) is 5.98. The number of ether oxygens (including phenoxy) is 1. The van der Waals surface area contributed by atoms with Crippen LogP contribution in [0, 0.1) is 0 Å². The van der Waals surface area contributed by atoms with Crippen LogP contribution in [0.1, 0.15) is 26.7 Å². The molecule has 5 heteroatoms. The zero-order chi connectivity index (χ0) is 12.7. The molecule has 1 aliphatic rings. The smallest absolute Gasteiger partial charge is 0.305 e. The zero-order valence-electron chi connectivity index (χ0n) is 10.5. The molecule has 0 spiro atoms. The molecule has 0 aromatic heterocycles. The second-order valence-electron chi connectivity index (χ2n) is 4.00. The third-order valence-electron chi connectivity index (χ3n) is 2.70. The van der Waals surface area contributed by atoms with E-state index in [0.717, 1.165) is 24.2 Å². The number of esters is 1. The van der Waals surface area contributed by atoms with Crippen molar-refractivity contribution >= 4 is 11.9 Å². The van der Waals surface area contributed by atoms with Crippen molar-refractivity contribution in [3.8, 4) is 0 Å². The molecule has 0 saturated carbocycles. The summed E-state index contributed by atoms with van der Waals surface area (Å²) >= 11 is 0. The monoisotopic (exact) mass is 240 g/mol. The average Bonchev–Trinajstić information content (AvgIpc) is 2.22. The Morgan fingerprint density at radius 3 is 2.65 bits per heavy atom. The van der Waals surface area contributed by atoms with Gasteiger partial charge in [0.15, 0.2) is 0 Å². The van der Waals surface area contributed by atoms with Gasteiger partial charge in [0.1, 0.15) is 0 Å². The molecule has 1 saturated heterocycles. The third-order valence-corrected chi connectivity index (χ3v) is 2.70. The molecule has 5 nitrogen and oxygen atoms in total. The number of hydrogen-bond donors (Lipinski definition) is 2. The van der Waals surface area contributed by atoms with Gasteiger partial charge < -0.3 is 15.4 Å². The minimum atomic E-state index is -0.208. The van der Waals surface area contributed by atoms with Crippen molar-refractivity contribution in [1.82, 2.24) is 10.6 Å². The Labute approximate surface area is 102 Å². The Bertz CT molecular complexity index is 318. The summed E-state index contributed by atoms with van der Waals surface area (Å²) in [5.41, 5.74) is 1.95. The molecular formula is C12H20N2O3. The molecule has 0 aromatic rings. The summed E-state index contributed by atoms with van der Waals surface area (Å²) in [6, 6.07) is 0. The summed E-state index contributed by atoms with van der Waals surface area (Å²) in [6.07, 6.45) is 0.969. The van der Waals surface area contributed by atoms with Crippen LogP contribution in [0.25, 0.3) is 0 Å². The van der Waals surface area contributed by atoms with Gasteiger partial charge in [-0.15, -0.1) is 0 Å². The molecular weight excluding hydrogens is 220 g/mol. The normalized spacial score (nSPS) is 13.9. The lowest BCUT2D eigenvalue weighted by Crippen LogP contribution is -2.37. The molecule has 0 atom stereocenters. The third kappa shape index (κ3) is 4.56. The Kier molecular flexibility index (Phi) is 5.69. The van der Waals surface area contributed by atoms with Gasteiger partial charge in [-0.05, 0) is 25.8 Å². The van der Waals surface area contributed by atoms with Crippen molar-refractivity contribution < 1.29 is 14.3 Å². The van der Waals surface area contributed by atoms with Gasteiger partial charge in [0, 0.05) is 31.6 Å². The SMILES string of the molecule is CCOC(=O)CCCNC(=O)C(C)=C1CNC1. The first kappa shape index (κ1) is 13.7. The van der Waals surface area contributed by atoms with Gasteiger partial charge in [-0.25, -0.2) is 0 Å². The summed E-state index contributed by atoms with van der Waals surface area (Å²) < 4.78 is 4.79. The summed E-state index contributed by atoms with van der Waals surface area (Å²) in [7, 11) is 0. The maximum atomic E-state index is 11.6. The molecule has 1 fully saturated rings. The highest BCUT2D eigenvalue weighted by molar-refractivity contribution is 5.93. The topological polar surface area (TPSA) is 67.4 Å². The van der Waals surface area contributed by atoms with Crippen molar-refractivity contribution in [2.24, 2.45) is 0 Å². The molecule has 1 amide bonds. The minimum Gasteiger partial charge on any atom is -0.466 e. The van der Waals surface area contributed by atoms with Crippen molar-refractivity contribution in [1.29, 1.82) is 0 Å². The second kappa shape index (κ2) is 7.06. The van der Waals surface area contributed by atoms with Gasteiger partial charge in [-0.1, -0.05) is 0 Å². The number of carbonyl (C=O) groups excluding carboxylic acids is 2. The van der Waals surface area contributed by atoms with Crippen LogP contribution in [-0.4, -0.2) is 38.1 Å². The first-order valence-corrected chi connectivity index (χ1v) is 5.98. The lowest BCUT2D eigenvalue weighted by Gasteiger charge is -2.21. The van der Waals surface area contributed by atoms with E-state index in [9.17, 15) is 9.59 Å². The Morgan fingerprint density at radius 1 is 1.41 bits per heavy atom. The van der Waals surface area contributed by atoms with Crippen LogP contribution in [0.2, 0.25) is 0 Å². The van der Waals surface area contributed by atoms with Gasteiger partial charge in [-0.3, -0.25) is 9.59 Å². The van der Waals surface area contributed by atoms with Crippen LogP contribution < -0.4 is 10.6 Å². The van der Waals surface area contributed by atoms with Crippen molar-refractivity contribution in [2.45, 2.75) is 26.7 Å². The van der Waals surface area contributed by atoms with Crippen molar-refractivity contribution in [2.75, 3.05) is 26.2 Å². The van der Waals surface area contributed by atoms with Crippen LogP contribution in [0.3, 0.4) is 0 Å². The molecule has 1 heterocycles. The first-order chi connectivity index (χ1) is 8.15. The van der Waals surface area contributed by atoms with E-state index in [1.54, 1.807) is 6.92 Å². The molecule has 0 radical (unpaired) electrons. The summed E-state index contributed by atoms with van der Waals surface area (Å²) in [5.74, 6) is -0.245. The maximum absolute atomic E-state index is 11.6. The standard InChI is InChI=1S/C12H20N2O3/c1-3-17-11(15)5-4-6-14-12(16)9(2)10-7-13-8-10/h13H,3-8H2,1-2H3,(H,14,16). The molecule has 0 aliphatic carbocycles. The number of rotatable bonds is 6. The molecule has 1 rings (SSSR count). The van der Waals surface area contributed by atoms with Crippen LogP contribution in [-0.2, 0) is 14.3 Å². The van der Waals surface area contributed by atoms with E-state index >= 15 is 0 Å². The van der Waals surface area contributed by atoms with Crippen LogP contribution in [0.15, 0.2) is 11.1 Å². The van der Waals surface area contributed by atoms with E-state index in [1.165, 1.54) is 0 Å². The van der Waals surface area contributed by atoms with Crippen LogP contribution in [0.4, 0.5) is 0 Å². The van der Waals surface area contributed by atoms with Crippen molar-refractivity contribution in [3.05, 3.63) is 11.1 Å². The largest absolute Gasteiger partial charge is 0.466 e.